The summed E-state index contributed by atoms with van der Waals surface area (Å²) in [4.78, 5) is 29.3. The number of oxime groups is 1. The van der Waals surface area contributed by atoms with Gasteiger partial charge in [0.15, 0.2) is 0 Å². The number of ether oxygens (including phenoxy) is 1. The van der Waals surface area contributed by atoms with Crippen molar-refractivity contribution in [3.05, 3.63) is 52.9 Å². The Morgan fingerprint density at radius 2 is 2.18 bits per heavy atom. The second-order valence-corrected chi connectivity index (χ2v) is 6.49. The van der Waals surface area contributed by atoms with Gasteiger partial charge in [-0.25, -0.2) is 0 Å². The Bertz CT molecular complexity index is 866. The summed E-state index contributed by atoms with van der Waals surface area (Å²) in [6, 6.07) is 8.70. The Hall–Kier alpha value is -3.00. The predicted octanol–water partition coefficient (Wildman–Crippen LogP) is 2.26. The first-order valence-corrected chi connectivity index (χ1v) is 9.08. The number of methoxy groups -OCH3 is 1. The Labute approximate surface area is 166 Å². The molecular weight excluding hydrogens is 386 g/mol. The van der Waals surface area contributed by atoms with Gasteiger partial charge in [-0.1, -0.05) is 16.8 Å². The fourth-order valence-corrected chi connectivity index (χ4v) is 2.86. The molecule has 2 aromatic rings. The molecule has 1 aliphatic rings. The van der Waals surface area contributed by atoms with Gasteiger partial charge in [-0.3, -0.25) is 9.59 Å². The van der Waals surface area contributed by atoms with Crippen LogP contribution in [0.4, 0.5) is 0 Å². The van der Waals surface area contributed by atoms with E-state index in [2.05, 4.69) is 15.8 Å². The molecule has 0 saturated carbocycles. The van der Waals surface area contributed by atoms with Gasteiger partial charge in [0.1, 0.15) is 11.5 Å². The van der Waals surface area contributed by atoms with Crippen LogP contribution in [0.25, 0.3) is 0 Å². The molecule has 2 heterocycles. The van der Waals surface area contributed by atoms with Gasteiger partial charge in [-0.05, 0) is 30.3 Å². The number of hydrogen-bond donors (Lipinski definition) is 2. The third-order valence-corrected chi connectivity index (χ3v) is 4.47. The van der Waals surface area contributed by atoms with Crippen molar-refractivity contribution in [2.45, 2.75) is 25.5 Å². The van der Waals surface area contributed by atoms with E-state index in [1.165, 1.54) is 0 Å². The maximum Gasteiger partial charge on any atom is 0.264 e. The molecule has 8 nitrogen and oxygen atoms in total. The van der Waals surface area contributed by atoms with Gasteiger partial charge in [-0.2, -0.15) is 0 Å². The lowest BCUT2D eigenvalue weighted by atomic mass is 10.0. The van der Waals surface area contributed by atoms with Crippen LogP contribution < -0.4 is 15.4 Å². The summed E-state index contributed by atoms with van der Waals surface area (Å²) in [7, 11) is 1.56. The van der Waals surface area contributed by atoms with Crippen molar-refractivity contribution < 1.29 is 23.6 Å². The van der Waals surface area contributed by atoms with Crippen LogP contribution in [0.2, 0.25) is 5.02 Å². The first-order chi connectivity index (χ1) is 13.6. The van der Waals surface area contributed by atoms with Gasteiger partial charge in [0.25, 0.3) is 5.91 Å². The first-order valence-electron chi connectivity index (χ1n) is 8.70. The molecule has 1 aromatic heterocycles. The van der Waals surface area contributed by atoms with Crippen molar-refractivity contribution in [2.24, 2.45) is 5.16 Å². The second kappa shape index (κ2) is 9.27. The van der Waals surface area contributed by atoms with Crippen LogP contribution >= 0.6 is 11.6 Å². The van der Waals surface area contributed by atoms with E-state index in [9.17, 15) is 9.59 Å². The molecule has 1 aromatic carbocycles. The molecule has 2 N–H and O–H groups in total. The molecule has 0 spiro atoms. The highest BCUT2D eigenvalue weighted by Gasteiger charge is 2.29. The zero-order chi connectivity index (χ0) is 19.9. The summed E-state index contributed by atoms with van der Waals surface area (Å²) in [6.07, 6.45) is 1.21. The average molecular weight is 406 g/mol. The standard InChI is InChI=1S/C19H20ClN3O5/c1-26-12-4-5-15(20)14(9-12)16-10-17(28-23-16)19(25)21-7-6-18(24)22-11-13-3-2-8-27-13/h2-5,8-9,17H,6-7,10-11H2,1H3,(H,21,25)(H,22,24). The van der Waals surface area contributed by atoms with Gasteiger partial charge >= 0.3 is 0 Å². The Balaban J connectivity index is 1.42. The summed E-state index contributed by atoms with van der Waals surface area (Å²) >= 11 is 6.20. The van der Waals surface area contributed by atoms with Crippen LogP contribution in [0.1, 0.15) is 24.2 Å². The Kier molecular flexibility index (Phi) is 6.54. The molecule has 28 heavy (non-hydrogen) atoms. The van der Waals surface area contributed by atoms with E-state index >= 15 is 0 Å². The normalized spacial score (nSPS) is 15.5. The van der Waals surface area contributed by atoms with Crippen molar-refractivity contribution in [1.29, 1.82) is 0 Å². The number of furan rings is 1. The number of carbonyl (C=O) groups excluding carboxylic acids is 2. The molecule has 1 aliphatic heterocycles. The van der Waals surface area contributed by atoms with Crippen LogP contribution in [0, 0.1) is 0 Å². The predicted molar refractivity (Wildman–Crippen MR) is 102 cm³/mol. The zero-order valence-corrected chi connectivity index (χ0v) is 16.0. The molecule has 0 aliphatic carbocycles. The van der Waals surface area contributed by atoms with Gasteiger partial charge in [0.2, 0.25) is 12.0 Å². The minimum atomic E-state index is -0.761. The lowest BCUT2D eigenvalue weighted by Crippen LogP contribution is -2.37. The van der Waals surface area contributed by atoms with Crippen molar-refractivity contribution in [1.82, 2.24) is 10.6 Å². The lowest BCUT2D eigenvalue weighted by Gasteiger charge is -2.10. The minimum absolute atomic E-state index is 0.147. The summed E-state index contributed by atoms with van der Waals surface area (Å²) in [5, 5.41) is 9.86. The van der Waals surface area contributed by atoms with E-state index in [4.69, 9.17) is 25.6 Å². The highest BCUT2D eigenvalue weighted by Crippen LogP contribution is 2.26. The summed E-state index contributed by atoms with van der Waals surface area (Å²) < 4.78 is 10.3. The first kappa shape index (κ1) is 19.8. The molecule has 0 radical (unpaired) electrons. The van der Waals surface area contributed by atoms with E-state index in [1.54, 1.807) is 43.7 Å². The van der Waals surface area contributed by atoms with Crippen LogP contribution in [0.15, 0.2) is 46.2 Å². The molecule has 2 amide bonds. The number of amides is 2. The van der Waals surface area contributed by atoms with Gasteiger partial charge in [-0.15, -0.1) is 0 Å². The van der Waals surface area contributed by atoms with Gasteiger partial charge in [0.05, 0.1) is 30.7 Å². The molecule has 9 heteroatoms. The van der Waals surface area contributed by atoms with Crippen LogP contribution in [-0.2, 0) is 21.0 Å². The highest BCUT2D eigenvalue weighted by atomic mass is 35.5. The lowest BCUT2D eigenvalue weighted by molar-refractivity contribution is -0.131. The van der Waals surface area contributed by atoms with Crippen LogP contribution in [0.5, 0.6) is 5.75 Å². The third kappa shape index (κ3) is 5.04. The fraction of sp³-hybridized carbons (Fsp3) is 0.316. The zero-order valence-electron chi connectivity index (χ0n) is 15.2. The molecule has 148 valence electrons. The van der Waals surface area contributed by atoms with Crippen LogP contribution in [-0.4, -0.2) is 37.3 Å². The monoisotopic (exact) mass is 405 g/mol. The largest absolute Gasteiger partial charge is 0.497 e. The maximum absolute atomic E-state index is 12.2. The van der Waals surface area contributed by atoms with E-state index in [-0.39, 0.29) is 31.2 Å². The molecular formula is C19H20ClN3O5. The smallest absolute Gasteiger partial charge is 0.264 e. The molecule has 1 atom stereocenters. The second-order valence-electron chi connectivity index (χ2n) is 6.08. The topological polar surface area (TPSA) is 102 Å². The number of carbonyl (C=O) groups is 2. The molecule has 0 saturated heterocycles. The number of nitrogens with zero attached hydrogens (tertiary/aromatic N) is 1. The van der Waals surface area contributed by atoms with E-state index < -0.39 is 6.10 Å². The Morgan fingerprint density at radius 3 is 2.93 bits per heavy atom. The summed E-state index contributed by atoms with van der Waals surface area (Å²) in [6.45, 7) is 0.502. The quantitative estimate of drug-likeness (QED) is 0.701. The summed E-state index contributed by atoms with van der Waals surface area (Å²) in [5.41, 5.74) is 1.23. The molecule has 3 rings (SSSR count). The van der Waals surface area contributed by atoms with Crippen LogP contribution in [0.3, 0.4) is 0 Å². The average Bonchev–Trinajstić information content (AvgIpc) is 3.39. The number of rotatable bonds is 8. The fourth-order valence-electron chi connectivity index (χ4n) is 2.63. The van der Waals surface area contributed by atoms with E-state index in [1.807, 2.05) is 0 Å². The SMILES string of the molecule is COc1ccc(Cl)c(C2=NOC(C(=O)NCCC(=O)NCc3ccco3)C2)c1. The number of benzene rings is 1. The maximum atomic E-state index is 12.2. The number of nitrogens with one attached hydrogen (secondary N) is 2. The van der Waals surface area contributed by atoms with E-state index in [0.29, 0.717) is 34.4 Å². The van der Waals surface area contributed by atoms with Crippen molar-refractivity contribution in [2.75, 3.05) is 13.7 Å². The van der Waals surface area contributed by atoms with Crippen molar-refractivity contribution in [3.8, 4) is 5.75 Å². The van der Waals surface area contributed by atoms with Gasteiger partial charge < -0.3 is 24.6 Å². The molecule has 1 unspecified atom stereocenters. The van der Waals surface area contributed by atoms with Gasteiger partial charge in [0, 0.05) is 24.9 Å². The summed E-state index contributed by atoms with van der Waals surface area (Å²) in [5.74, 6) is 0.772. The third-order valence-electron chi connectivity index (χ3n) is 4.14. The Morgan fingerprint density at radius 1 is 1.32 bits per heavy atom. The van der Waals surface area contributed by atoms with Crippen molar-refractivity contribution >= 4 is 29.1 Å². The minimum Gasteiger partial charge on any atom is -0.497 e. The van der Waals surface area contributed by atoms with E-state index in [0.717, 1.165) is 0 Å². The van der Waals surface area contributed by atoms with Crippen molar-refractivity contribution in [3.63, 3.8) is 0 Å². The molecule has 0 fully saturated rings. The molecule has 0 bridgehead atoms. The number of halogens is 1. The number of hydrogen-bond acceptors (Lipinski definition) is 6. The highest BCUT2D eigenvalue weighted by molar-refractivity contribution is 6.34.